The molecular formula is C19H16F4N6O. The standard InChI is InChI=1S/C19H16F4N6O/c20-11-6-24-7-13(11)29-12-4-2-1-3-9(12)16(28-29)17-15-10(19(21,22)23)5-14(30)27-18(15)26-8-25-17/h1-4,8,10-11,13,24H,5-7H2,(H,25,26,27,30)/t10-,11-,13+/m1/s1. The number of rotatable bonds is 2. The van der Waals surface area contributed by atoms with E-state index in [4.69, 9.17) is 0 Å². The fraction of sp³-hybridized carbons (Fsp3) is 0.368. The maximum Gasteiger partial charge on any atom is 0.396 e. The summed E-state index contributed by atoms with van der Waals surface area (Å²) in [5.74, 6) is -2.99. The molecule has 0 bridgehead atoms. The molecule has 11 heteroatoms. The lowest BCUT2D eigenvalue weighted by Gasteiger charge is -2.27. The number of hydrogen-bond donors (Lipinski definition) is 2. The van der Waals surface area contributed by atoms with Crippen molar-refractivity contribution >= 4 is 22.6 Å². The van der Waals surface area contributed by atoms with Crippen molar-refractivity contribution in [3.8, 4) is 11.4 Å². The summed E-state index contributed by atoms with van der Waals surface area (Å²) in [5.41, 5.74) is 0.563. The molecule has 1 fully saturated rings. The summed E-state index contributed by atoms with van der Waals surface area (Å²) in [4.78, 5) is 19.8. The van der Waals surface area contributed by atoms with Gasteiger partial charge in [0.1, 0.15) is 29.7 Å². The van der Waals surface area contributed by atoms with Crippen LogP contribution in [0.25, 0.3) is 22.3 Å². The Bertz CT molecular complexity index is 1140. The van der Waals surface area contributed by atoms with E-state index in [1.54, 1.807) is 24.3 Å². The molecule has 2 aliphatic rings. The molecule has 1 amide bonds. The number of para-hydroxylation sites is 1. The largest absolute Gasteiger partial charge is 0.396 e. The normalized spacial score (nSPS) is 24.1. The van der Waals surface area contributed by atoms with E-state index in [2.05, 4.69) is 25.7 Å². The van der Waals surface area contributed by atoms with Crippen LogP contribution in [-0.4, -0.2) is 51.1 Å². The van der Waals surface area contributed by atoms with E-state index in [1.807, 2.05) is 0 Å². The molecule has 30 heavy (non-hydrogen) atoms. The molecule has 0 radical (unpaired) electrons. The summed E-state index contributed by atoms with van der Waals surface area (Å²) in [7, 11) is 0. The quantitative estimate of drug-likeness (QED) is 0.623. The number of aromatic nitrogens is 4. The second kappa shape index (κ2) is 6.73. The summed E-state index contributed by atoms with van der Waals surface area (Å²) in [6, 6.07) is 6.36. The maximum absolute atomic E-state index is 14.4. The van der Waals surface area contributed by atoms with Crippen molar-refractivity contribution < 1.29 is 22.4 Å². The van der Waals surface area contributed by atoms with E-state index >= 15 is 0 Å². The number of benzene rings is 1. The second-order valence-electron chi connectivity index (χ2n) is 7.38. The van der Waals surface area contributed by atoms with Crippen LogP contribution in [0.15, 0.2) is 30.6 Å². The number of nitrogens with one attached hydrogen (secondary N) is 2. The number of alkyl halides is 4. The molecular weight excluding hydrogens is 404 g/mol. The SMILES string of the molecule is O=C1C[C@@H](C(F)(F)F)c2c(ncnc2-c2nn([C@H]3CNC[C@H]3F)c3ccccc23)N1. The highest BCUT2D eigenvalue weighted by molar-refractivity contribution is 5.98. The van der Waals surface area contributed by atoms with Crippen LogP contribution in [0.2, 0.25) is 0 Å². The van der Waals surface area contributed by atoms with Crippen LogP contribution in [0.4, 0.5) is 23.4 Å². The number of halogens is 4. The Morgan fingerprint density at radius 1 is 1.10 bits per heavy atom. The van der Waals surface area contributed by atoms with Gasteiger partial charge >= 0.3 is 6.18 Å². The van der Waals surface area contributed by atoms with Gasteiger partial charge in [0, 0.05) is 30.5 Å². The highest BCUT2D eigenvalue weighted by Crippen LogP contribution is 2.46. The predicted octanol–water partition coefficient (Wildman–Crippen LogP) is 2.96. The highest BCUT2D eigenvalue weighted by atomic mass is 19.4. The average molecular weight is 420 g/mol. The van der Waals surface area contributed by atoms with Crippen molar-refractivity contribution in [1.82, 2.24) is 25.1 Å². The molecule has 1 aromatic carbocycles. The lowest BCUT2D eigenvalue weighted by atomic mass is 9.89. The minimum Gasteiger partial charge on any atom is -0.312 e. The molecule has 0 spiro atoms. The Labute approximate surface area is 167 Å². The highest BCUT2D eigenvalue weighted by Gasteiger charge is 2.48. The first-order valence-electron chi connectivity index (χ1n) is 9.38. The minimum absolute atomic E-state index is 0.0151. The Balaban J connectivity index is 1.75. The number of anilines is 1. The zero-order chi connectivity index (χ0) is 21.0. The third-order valence-electron chi connectivity index (χ3n) is 5.54. The minimum atomic E-state index is -4.66. The van der Waals surface area contributed by atoms with Crippen molar-refractivity contribution in [1.29, 1.82) is 0 Å². The number of nitrogens with zero attached hydrogens (tertiary/aromatic N) is 4. The van der Waals surface area contributed by atoms with E-state index in [0.717, 1.165) is 6.33 Å². The topological polar surface area (TPSA) is 84.7 Å². The maximum atomic E-state index is 14.4. The summed E-state index contributed by atoms with van der Waals surface area (Å²) in [6.07, 6.45) is -5.50. The molecule has 0 unspecified atom stereocenters. The van der Waals surface area contributed by atoms with Crippen molar-refractivity contribution in [2.45, 2.75) is 30.7 Å². The first-order valence-corrected chi connectivity index (χ1v) is 9.38. The van der Waals surface area contributed by atoms with Gasteiger partial charge in [-0.2, -0.15) is 18.3 Å². The average Bonchev–Trinajstić information content (AvgIpc) is 3.29. The Morgan fingerprint density at radius 2 is 1.90 bits per heavy atom. The number of carbonyl (C=O) groups excluding carboxylic acids is 1. The summed E-state index contributed by atoms with van der Waals surface area (Å²) in [5, 5.41) is 10.4. The molecule has 0 aliphatic carbocycles. The first kappa shape index (κ1) is 18.9. The summed E-state index contributed by atoms with van der Waals surface area (Å²) < 4.78 is 57.3. The third kappa shape index (κ3) is 2.92. The Hall–Kier alpha value is -3.08. The molecule has 2 aromatic heterocycles. The molecule has 3 atom stereocenters. The van der Waals surface area contributed by atoms with Gasteiger partial charge in [0.05, 0.1) is 17.5 Å². The van der Waals surface area contributed by atoms with Crippen molar-refractivity contribution in [3.63, 3.8) is 0 Å². The molecule has 7 nitrogen and oxygen atoms in total. The van der Waals surface area contributed by atoms with Gasteiger partial charge in [-0.25, -0.2) is 14.4 Å². The van der Waals surface area contributed by atoms with E-state index in [0.29, 0.717) is 17.4 Å². The fourth-order valence-electron chi connectivity index (χ4n) is 4.15. The van der Waals surface area contributed by atoms with Crippen LogP contribution in [0.1, 0.15) is 23.9 Å². The van der Waals surface area contributed by atoms with Gasteiger partial charge in [-0.05, 0) is 6.07 Å². The first-order chi connectivity index (χ1) is 14.3. The second-order valence-corrected chi connectivity index (χ2v) is 7.38. The van der Waals surface area contributed by atoms with Gasteiger partial charge in [0.2, 0.25) is 5.91 Å². The zero-order valence-electron chi connectivity index (χ0n) is 15.4. The Kier molecular flexibility index (Phi) is 4.24. The molecule has 0 saturated carbocycles. The fourth-order valence-corrected chi connectivity index (χ4v) is 4.15. The van der Waals surface area contributed by atoms with Crippen LogP contribution in [0.5, 0.6) is 0 Å². The van der Waals surface area contributed by atoms with Gasteiger partial charge in [-0.1, -0.05) is 18.2 Å². The number of amides is 1. The molecule has 4 heterocycles. The van der Waals surface area contributed by atoms with E-state index < -0.39 is 36.6 Å². The summed E-state index contributed by atoms with van der Waals surface area (Å²) in [6.45, 7) is 0.536. The monoisotopic (exact) mass is 420 g/mol. The third-order valence-corrected chi connectivity index (χ3v) is 5.54. The zero-order valence-corrected chi connectivity index (χ0v) is 15.4. The molecule has 156 valence electrons. The van der Waals surface area contributed by atoms with Crippen LogP contribution < -0.4 is 10.6 Å². The Morgan fingerprint density at radius 3 is 2.63 bits per heavy atom. The van der Waals surface area contributed by atoms with Gasteiger partial charge in [0.15, 0.2) is 0 Å². The number of fused-ring (bicyclic) bond motifs is 2. The van der Waals surface area contributed by atoms with Gasteiger partial charge in [-0.15, -0.1) is 0 Å². The van der Waals surface area contributed by atoms with Crippen molar-refractivity contribution in [3.05, 3.63) is 36.2 Å². The molecule has 3 aromatic rings. The predicted molar refractivity (Wildman–Crippen MR) is 99.6 cm³/mol. The van der Waals surface area contributed by atoms with Crippen molar-refractivity contribution in [2.75, 3.05) is 18.4 Å². The van der Waals surface area contributed by atoms with Crippen LogP contribution in [-0.2, 0) is 4.79 Å². The number of hydrogen-bond acceptors (Lipinski definition) is 5. The molecule has 2 aliphatic heterocycles. The van der Waals surface area contributed by atoms with Gasteiger partial charge in [-0.3, -0.25) is 9.48 Å². The lowest BCUT2D eigenvalue weighted by molar-refractivity contribution is -0.156. The molecule has 1 saturated heterocycles. The van der Waals surface area contributed by atoms with E-state index in [-0.39, 0.29) is 29.3 Å². The van der Waals surface area contributed by atoms with Gasteiger partial charge < -0.3 is 10.6 Å². The number of carbonyl (C=O) groups is 1. The lowest BCUT2D eigenvalue weighted by Crippen LogP contribution is -2.33. The molecule has 2 N–H and O–H groups in total. The van der Waals surface area contributed by atoms with E-state index in [9.17, 15) is 22.4 Å². The summed E-state index contributed by atoms with van der Waals surface area (Å²) >= 11 is 0. The van der Waals surface area contributed by atoms with Crippen LogP contribution in [0, 0.1) is 0 Å². The smallest absolute Gasteiger partial charge is 0.312 e. The van der Waals surface area contributed by atoms with Crippen molar-refractivity contribution in [2.24, 2.45) is 0 Å². The van der Waals surface area contributed by atoms with Crippen LogP contribution in [0.3, 0.4) is 0 Å². The van der Waals surface area contributed by atoms with Crippen LogP contribution >= 0.6 is 0 Å². The molecule has 5 rings (SSSR count). The van der Waals surface area contributed by atoms with Gasteiger partial charge in [0.25, 0.3) is 0 Å². The van der Waals surface area contributed by atoms with E-state index in [1.165, 1.54) is 4.68 Å².